The van der Waals surface area contributed by atoms with Crippen molar-refractivity contribution >= 4 is 5.91 Å². The molecule has 0 aromatic carbocycles. The van der Waals surface area contributed by atoms with Crippen molar-refractivity contribution in [3.63, 3.8) is 0 Å². The molecule has 1 unspecified atom stereocenters. The monoisotopic (exact) mass is 212 g/mol. The Hall–Kier alpha value is -0.570. The van der Waals surface area contributed by atoms with Crippen LogP contribution in [-0.4, -0.2) is 18.0 Å². The Balaban J connectivity index is 2.33. The van der Waals surface area contributed by atoms with Crippen LogP contribution in [0.1, 0.15) is 47.0 Å². The van der Waals surface area contributed by atoms with Gasteiger partial charge in [-0.3, -0.25) is 4.79 Å². The van der Waals surface area contributed by atoms with Gasteiger partial charge in [-0.15, -0.1) is 0 Å². The average Bonchev–Trinajstić information content (AvgIpc) is 2.84. The number of amides is 1. The smallest absolute Gasteiger partial charge is 0.237 e. The van der Waals surface area contributed by atoms with Gasteiger partial charge in [0.25, 0.3) is 0 Å². The predicted octanol–water partition coefficient (Wildman–Crippen LogP) is 1.66. The number of carbonyl (C=O) groups excluding carboxylic acids is 1. The van der Waals surface area contributed by atoms with Crippen molar-refractivity contribution in [3.05, 3.63) is 0 Å². The van der Waals surface area contributed by atoms with Gasteiger partial charge in [-0.2, -0.15) is 0 Å². The summed E-state index contributed by atoms with van der Waals surface area (Å²) in [6.07, 6.45) is 3.75. The van der Waals surface area contributed by atoms with Crippen molar-refractivity contribution in [2.24, 2.45) is 17.1 Å². The Bertz CT molecular complexity index is 228. The van der Waals surface area contributed by atoms with E-state index in [4.69, 9.17) is 5.73 Å². The summed E-state index contributed by atoms with van der Waals surface area (Å²) < 4.78 is 0. The molecule has 0 aromatic rings. The fraction of sp³-hybridized carbons (Fsp3) is 0.917. The largest absolute Gasteiger partial charge is 0.352 e. The highest BCUT2D eigenvalue weighted by molar-refractivity contribution is 5.82. The van der Waals surface area contributed by atoms with E-state index < -0.39 is 6.04 Å². The Morgan fingerprint density at radius 1 is 1.47 bits per heavy atom. The minimum absolute atomic E-state index is 0.0179. The molecule has 0 bridgehead atoms. The number of nitrogens with two attached hydrogens (primary N) is 1. The van der Waals surface area contributed by atoms with Crippen molar-refractivity contribution in [3.8, 4) is 0 Å². The molecule has 1 rings (SSSR count). The summed E-state index contributed by atoms with van der Waals surface area (Å²) in [5, 5.41) is 2.99. The maximum absolute atomic E-state index is 11.8. The number of nitrogens with one attached hydrogen (secondary N) is 1. The molecule has 1 aliphatic carbocycles. The van der Waals surface area contributed by atoms with Crippen LogP contribution in [0.25, 0.3) is 0 Å². The molecule has 1 amide bonds. The number of hydrogen-bond acceptors (Lipinski definition) is 2. The standard InChI is InChI=1S/C12H24N2O/c1-8(7-9-5-6-9)14-11(15)10(13)12(2,3)4/h8-10H,5-7,13H2,1-4H3,(H,14,15)/t8?,10-/m1/s1. The quantitative estimate of drug-likeness (QED) is 0.744. The van der Waals surface area contributed by atoms with Gasteiger partial charge in [0.15, 0.2) is 0 Å². The maximum atomic E-state index is 11.8. The molecule has 1 saturated carbocycles. The van der Waals surface area contributed by atoms with E-state index in [-0.39, 0.29) is 17.4 Å². The van der Waals surface area contributed by atoms with Gasteiger partial charge in [0.2, 0.25) is 5.91 Å². The van der Waals surface area contributed by atoms with Crippen molar-refractivity contribution < 1.29 is 4.79 Å². The van der Waals surface area contributed by atoms with Crippen molar-refractivity contribution in [2.45, 2.75) is 59.0 Å². The molecule has 2 atom stereocenters. The molecule has 1 aliphatic rings. The van der Waals surface area contributed by atoms with E-state index >= 15 is 0 Å². The molecule has 0 heterocycles. The van der Waals surface area contributed by atoms with Gasteiger partial charge in [-0.1, -0.05) is 33.6 Å². The van der Waals surface area contributed by atoms with Crippen molar-refractivity contribution in [1.29, 1.82) is 0 Å². The van der Waals surface area contributed by atoms with Gasteiger partial charge in [-0.25, -0.2) is 0 Å². The highest BCUT2D eigenvalue weighted by Crippen LogP contribution is 2.33. The molecule has 0 radical (unpaired) electrons. The van der Waals surface area contributed by atoms with E-state index in [1.165, 1.54) is 12.8 Å². The van der Waals surface area contributed by atoms with Crippen LogP contribution >= 0.6 is 0 Å². The SMILES string of the molecule is CC(CC1CC1)NC(=O)[C@@H](N)C(C)(C)C. The van der Waals surface area contributed by atoms with Gasteiger partial charge in [0.1, 0.15) is 0 Å². The number of rotatable bonds is 4. The normalized spacial score (nSPS) is 20.9. The highest BCUT2D eigenvalue weighted by atomic mass is 16.2. The van der Waals surface area contributed by atoms with Gasteiger partial charge < -0.3 is 11.1 Å². The lowest BCUT2D eigenvalue weighted by molar-refractivity contribution is -0.125. The summed E-state index contributed by atoms with van der Waals surface area (Å²) in [5.74, 6) is 0.821. The molecular weight excluding hydrogens is 188 g/mol. The fourth-order valence-electron chi connectivity index (χ4n) is 1.64. The van der Waals surface area contributed by atoms with E-state index in [1.54, 1.807) is 0 Å². The number of carbonyl (C=O) groups is 1. The molecule has 0 spiro atoms. The first-order valence-electron chi connectivity index (χ1n) is 5.86. The molecule has 0 aliphatic heterocycles. The van der Waals surface area contributed by atoms with Crippen molar-refractivity contribution in [1.82, 2.24) is 5.32 Å². The van der Waals surface area contributed by atoms with E-state index in [0.717, 1.165) is 12.3 Å². The Kier molecular flexibility index (Phi) is 3.77. The molecule has 3 heteroatoms. The summed E-state index contributed by atoms with van der Waals surface area (Å²) >= 11 is 0. The summed E-state index contributed by atoms with van der Waals surface area (Å²) in [7, 11) is 0. The van der Waals surface area contributed by atoms with Gasteiger partial charge in [0, 0.05) is 6.04 Å². The van der Waals surface area contributed by atoms with E-state index in [2.05, 4.69) is 12.2 Å². The molecule has 0 saturated heterocycles. The number of hydrogen-bond donors (Lipinski definition) is 2. The van der Waals surface area contributed by atoms with Gasteiger partial charge in [-0.05, 0) is 24.7 Å². The second-order valence-electron chi connectivity index (χ2n) is 5.93. The lowest BCUT2D eigenvalue weighted by Crippen LogP contribution is -2.50. The first-order chi connectivity index (χ1) is 6.80. The highest BCUT2D eigenvalue weighted by Gasteiger charge is 2.29. The molecule has 0 aromatic heterocycles. The zero-order valence-corrected chi connectivity index (χ0v) is 10.3. The van der Waals surface area contributed by atoms with E-state index in [9.17, 15) is 4.79 Å². The summed E-state index contributed by atoms with van der Waals surface area (Å²) in [6, 6.07) is -0.155. The first kappa shape index (κ1) is 12.5. The summed E-state index contributed by atoms with van der Waals surface area (Å²) in [5.41, 5.74) is 5.71. The Morgan fingerprint density at radius 3 is 2.40 bits per heavy atom. The van der Waals surface area contributed by atoms with Crippen LogP contribution in [-0.2, 0) is 4.79 Å². The second-order valence-corrected chi connectivity index (χ2v) is 5.93. The third-order valence-corrected chi connectivity index (χ3v) is 2.99. The molecule has 15 heavy (non-hydrogen) atoms. The van der Waals surface area contributed by atoms with Crippen LogP contribution in [0.2, 0.25) is 0 Å². The van der Waals surface area contributed by atoms with Crippen LogP contribution < -0.4 is 11.1 Å². The zero-order chi connectivity index (χ0) is 11.6. The third kappa shape index (κ3) is 4.20. The van der Waals surface area contributed by atoms with Crippen LogP contribution in [0, 0.1) is 11.3 Å². The van der Waals surface area contributed by atoms with Crippen molar-refractivity contribution in [2.75, 3.05) is 0 Å². The predicted molar refractivity (Wildman–Crippen MR) is 62.4 cm³/mol. The Morgan fingerprint density at radius 2 is 2.00 bits per heavy atom. The van der Waals surface area contributed by atoms with Gasteiger partial charge >= 0.3 is 0 Å². The molecule has 88 valence electrons. The zero-order valence-electron chi connectivity index (χ0n) is 10.3. The van der Waals surface area contributed by atoms with E-state index in [1.807, 2.05) is 20.8 Å². The van der Waals surface area contributed by atoms with Gasteiger partial charge in [0.05, 0.1) is 6.04 Å². The summed E-state index contributed by atoms with van der Waals surface area (Å²) in [4.78, 5) is 11.8. The topological polar surface area (TPSA) is 55.1 Å². The minimum Gasteiger partial charge on any atom is -0.352 e. The van der Waals surface area contributed by atoms with Crippen LogP contribution in [0.4, 0.5) is 0 Å². The first-order valence-corrected chi connectivity index (χ1v) is 5.86. The molecular formula is C12H24N2O. The second kappa shape index (κ2) is 4.52. The minimum atomic E-state index is -0.417. The third-order valence-electron chi connectivity index (χ3n) is 2.99. The molecule has 3 N–H and O–H groups in total. The molecule has 3 nitrogen and oxygen atoms in total. The van der Waals surface area contributed by atoms with Crippen LogP contribution in [0.3, 0.4) is 0 Å². The Labute approximate surface area is 92.8 Å². The lowest BCUT2D eigenvalue weighted by Gasteiger charge is -2.27. The average molecular weight is 212 g/mol. The fourth-order valence-corrected chi connectivity index (χ4v) is 1.64. The molecule has 1 fully saturated rings. The van der Waals surface area contributed by atoms with Crippen LogP contribution in [0.5, 0.6) is 0 Å². The van der Waals surface area contributed by atoms with Crippen LogP contribution in [0.15, 0.2) is 0 Å². The van der Waals surface area contributed by atoms with E-state index in [0.29, 0.717) is 0 Å². The lowest BCUT2D eigenvalue weighted by atomic mass is 9.87. The maximum Gasteiger partial charge on any atom is 0.237 e. The summed E-state index contributed by atoms with van der Waals surface area (Å²) in [6.45, 7) is 8.03.